The summed E-state index contributed by atoms with van der Waals surface area (Å²) in [7, 11) is 3.52. The number of carbonyl (C=O) groups excluding carboxylic acids is 1. The largest absolute Gasteiger partial charge is 0.496 e. The van der Waals surface area contributed by atoms with Crippen LogP contribution in [0.15, 0.2) is 36.7 Å². The van der Waals surface area contributed by atoms with Crippen molar-refractivity contribution in [3.05, 3.63) is 53.6 Å². The molecule has 1 atom stereocenters. The highest BCUT2D eigenvalue weighted by Crippen LogP contribution is 2.31. The number of carbonyl (C=O) groups is 1. The average molecular weight is 364 g/mol. The second-order valence-corrected chi connectivity index (χ2v) is 7.19. The zero-order chi connectivity index (χ0) is 19.0. The lowest BCUT2D eigenvalue weighted by Gasteiger charge is -2.32. The number of aryl methyl sites for hydroxylation is 2. The number of hydrogen-bond donors (Lipinski definition) is 0. The van der Waals surface area contributed by atoms with Gasteiger partial charge in [0.05, 0.1) is 7.11 Å². The number of pyridine rings is 1. The average Bonchev–Trinajstić information content (AvgIpc) is 3.14. The molecule has 0 N–H and O–H groups in total. The third-order valence-corrected chi connectivity index (χ3v) is 5.42. The number of piperidine rings is 1. The van der Waals surface area contributed by atoms with Gasteiger partial charge in [0, 0.05) is 49.5 Å². The summed E-state index contributed by atoms with van der Waals surface area (Å²) in [6, 6.07) is 7.95. The van der Waals surface area contributed by atoms with Gasteiger partial charge in [0.25, 0.3) is 5.91 Å². The minimum atomic E-state index is -0.000982. The first-order valence-corrected chi connectivity index (χ1v) is 9.29. The third-order valence-electron chi connectivity index (χ3n) is 5.42. The molecule has 0 spiro atoms. The molecule has 0 bridgehead atoms. The van der Waals surface area contributed by atoms with Crippen LogP contribution in [0.3, 0.4) is 0 Å². The fourth-order valence-electron chi connectivity index (χ4n) is 3.90. The Bertz CT molecular complexity index is 995. The second-order valence-electron chi connectivity index (χ2n) is 7.19. The number of methoxy groups -OCH3 is 1. The molecule has 1 saturated heterocycles. The van der Waals surface area contributed by atoms with Gasteiger partial charge in [-0.05, 0) is 55.0 Å². The number of amides is 1. The number of benzene rings is 1. The van der Waals surface area contributed by atoms with Gasteiger partial charge in [0.1, 0.15) is 11.4 Å². The Hall–Kier alpha value is -2.89. The molecule has 6 heteroatoms. The van der Waals surface area contributed by atoms with E-state index in [2.05, 4.69) is 18.1 Å². The summed E-state index contributed by atoms with van der Waals surface area (Å²) in [5, 5.41) is 6.52. The molecule has 6 nitrogen and oxygen atoms in total. The normalized spacial score (nSPS) is 17.3. The Morgan fingerprint density at radius 3 is 2.89 bits per heavy atom. The summed E-state index contributed by atoms with van der Waals surface area (Å²) in [6.07, 6.45) is 5.74. The highest BCUT2D eigenvalue weighted by Gasteiger charge is 2.27. The standard InChI is InChI=1S/C21H24N4O2/c1-14-17-11-19(22-12-15(17)6-7-20(14)27-3)16-5-4-9-25(13-16)21(26)18-8-10-24(2)23-18/h6-8,10-12,16H,4-5,9,13H2,1-3H3. The summed E-state index contributed by atoms with van der Waals surface area (Å²) < 4.78 is 7.12. The van der Waals surface area contributed by atoms with Crippen LogP contribution >= 0.6 is 0 Å². The SMILES string of the molecule is COc1ccc2cnc(C3CCCN(C(=O)c4ccn(C)n4)C3)cc2c1C. The van der Waals surface area contributed by atoms with E-state index in [0.29, 0.717) is 12.2 Å². The Kier molecular flexibility index (Phi) is 4.56. The lowest BCUT2D eigenvalue weighted by molar-refractivity contribution is 0.0699. The highest BCUT2D eigenvalue weighted by molar-refractivity contribution is 5.92. The van der Waals surface area contributed by atoms with E-state index in [9.17, 15) is 4.79 Å². The van der Waals surface area contributed by atoms with Gasteiger partial charge in [-0.25, -0.2) is 0 Å². The van der Waals surface area contributed by atoms with Gasteiger partial charge in [-0.3, -0.25) is 14.5 Å². The first-order valence-electron chi connectivity index (χ1n) is 9.29. The van der Waals surface area contributed by atoms with Gasteiger partial charge < -0.3 is 9.64 Å². The molecule has 1 aromatic carbocycles. The summed E-state index contributed by atoms with van der Waals surface area (Å²) in [5.41, 5.74) is 2.67. The highest BCUT2D eigenvalue weighted by atomic mass is 16.5. The van der Waals surface area contributed by atoms with E-state index in [-0.39, 0.29) is 11.8 Å². The molecule has 3 aromatic rings. The van der Waals surface area contributed by atoms with Crippen molar-refractivity contribution < 1.29 is 9.53 Å². The van der Waals surface area contributed by atoms with Gasteiger partial charge in [0.15, 0.2) is 0 Å². The molecule has 0 radical (unpaired) electrons. The molecule has 1 fully saturated rings. The number of rotatable bonds is 3. The van der Waals surface area contributed by atoms with Crippen molar-refractivity contribution in [3.63, 3.8) is 0 Å². The monoisotopic (exact) mass is 364 g/mol. The van der Waals surface area contributed by atoms with E-state index >= 15 is 0 Å². The van der Waals surface area contributed by atoms with Crippen LogP contribution in [0.1, 0.15) is 40.5 Å². The van der Waals surface area contributed by atoms with Crippen molar-refractivity contribution in [2.24, 2.45) is 7.05 Å². The summed E-state index contributed by atoms with van der Waals surface area (Å²) >= 11 is 0. The molecule has 1 aliphatic heterocycles. The molecule has 1 amide bonds. The van der Waals surface area contributed by atoms with Gasteiger partial charge in [-0.15, -0.1) is 0 Å². The van der Waals surface area contributed by atoms with Crippen LogP contribution in [-0.4, -0.2) is 45.8 Å². The zero-order valence-corrected chi connectivity index (χ0v) is 16.0. The molecular formula is C21H24N4O2. The topological polar surface area (TPSA) is 60.2 Å². The predicted molar refractivity (Wildman–Crippen MR) is 104 cm³/mol. The summed E-state index contributed by atoms with van der Waals surface area (Å²) in [5.74, 6) is 1.12. The quantitative estimate of drug-likeness (QED) is 0.715. The number of fused-ring (bicyclic) bond motifs is 1. The van der Waals surface area contributed by atoms with Gasteiger partial charge in [0.2, 0.25) is 0 Å². The smallest absolute Gasteiger partial charge is 0.274 e. The van der Waals surface area contributed by atoms with E-state index in [0.717, 1.165) is 47.2 Å². The Morgan fingerprint density at radius 2 is 2.15 bits per heavy atom. The number of likely N-dealkylation sites (tertiary alicyclic amines) is 1. The van der Waals surface area contributed by atoms with E-state index < -0.39 is 0 Å². The molecule has 0 aliphatic carbocycles. The van der Waals surface area contributed by atoms with Crippen LogP contribution in [-0.2, 0) is 7.05 Å². The van der Waals surface area contributed by atoms with E-state index in [1.165, 1.54) is 0 Å². The number of hydrogen-bond acceptors (Lipinski definition) is 4. The summed E-state index contributed by atoms with van der Waals surface area (Å²) in [4.78, 5) is 19.4. The lowest BCUT2D eigenvalue weighted by atomic mass is 9.92. The first-order chi connectivity index (χ1) is 13.1. The van der Waals surface area contributed by atoms with Crippen molar-refractivity contribution in [3.8, 4) is 5.75 Å². The van der Waals surface area contributed by atoms with E-state index in [4.69, 9.17) is 9.72 Å². The van der Waals surface area contributed by atoms with Crippen LogP contribution < -0.4 is 4.74 Å². The van der Waals surface area contributed by atoms with Crippen LogP contribution in [0.4, 0.5) is 0 Å². The van der Waals surface area contributed by atoms with E-state index in [1.54, 1.807) is 24.1 Å². The van der Waals surface area contributed by atoms with E-state index in [1.807, 2.05) is 30.3 Å². The zero-order valence-electron chi connectivity index (χ0n) is 16.0. The van der Waals surface area contributed by atoms with Crippen LogP contribution in [0.2, 0.25) is 0 Å². The predicted octanol–water partition coefficient (Wildman–Crippen LogP) is 3.31. The van der Waals surface area contributed by atoms with Crippen molar-refractivity contribution in [1.82, 2.24) is 19.7 Å². The Balaban J connectivity index is 1.61. The number of aromatic nitrogens is 3. The number of ether oxygens (including phenoxy) is 1. The fourth-order valence-corrected chi connectivity index (χ4v) is 3.90. The molecule has 2 aromatic heterocycles. The van der Waals surface area contributed by atoms with Crippen molar-refractivity contribution in [2.75, 3.05) is 20.2 Å². The molecule has 27 heavy (non-hydrogen) atoms. The van der Waals surface area contributed by atoms with Crippen LogP contribution in [0.25, 0.3) is 10.8 Å². The lowest BCUT2D eigenvalue weighted by Crippen LogP contribution is -2.39. The minimum absolute atomic E-state index is 0.000982. The first kappa shape index (κ1) is 17.5. The van der Waals surface area contributed by atoms with Gasteiger partial charge in [-0.2, -0.15) is 5.10 Å². The molecule has 140 valence electrons. The maximum absolute atomic E-state index is 12.8. The van der Waals surface area contributed by atoms with Gasteiger partial charge in [-0.1, -0.05) is 0 Å². The molecule has 3 heterocycles. The van der Waals surface area contributed by atoms with Crippen molar-refractivity contribution >= 4 is 16.7 Å². The maximum atomic E-state index is 12.8. The molecule has 1 aliphatic rings. The van der Waals surface area contributed by atoms with Crippen LogP contribution in [0, 0.1) is 6.92 Å². The Labute approximate surface area is 158 Å². The van der Waals surface area contributed by atoms with Crippen LogP contribution in [0.5, 0.6) is 5.75 Å². The van der Waals surface area contributed by atoms with Crippen molar-refractivity contribution in [2.45, 2.75) is 25.7 Å². The molecule has 4 rings (SSSR count). The second kappa shape index (κ2) is 7.02. The fraction of sp³-hybridized carbons (Fsp3) is 0.381. The summed E-state index contributed by atoms with van der Waals surface area (Å²) in [6.45, 7) is 3.52. The third kappa shape index (κ3) is 3.27. The molecular weight excluding hydrogens is 340 g/mol. The number of nitrogens with zero attached hydrogens (tertiary/aromatic N) is 4. The molecule has 0 saturated carbocycles. The molecule has 1 unspecified atom stereocenters. The minimum Gasteiger partial charge on any atom is -0.496 e. The maximum Gasteiger partial charge on any atom is 0.274 e. The van der Waals surface area contributed by atoms with Crippen molar-refractivity contribution in [1.29, 1.82) is 0 Å². The Morgan fingerprint density at radius 1 is 1.30 bits per heavy atom. The van der Waals surface area contributed by atoms with Gasteiger partial charge >= 0.3 is 0 Å².